The molecule has 0 N–H and O–H groups in total. The normalized spacial score (nSPS) is 15.0. The van der Waals surface area contributed by atoms with E-state index in [9.17, 15) is 18.0 Å². The maximum atomic E-state index is 13.8. The first kappa shape index (κ1) is 21.0. The highest BCUT2D eigenvalue weighted by Gasteiger charge is 2.39. The molecule has 3 aromatic rings. The summed E-state index contributed by atoms with van der Waals surface area (Å²) in [7, 11) is 0. The van der Waals surface area contributed by atoms with Crippen LogP contribution in [0.2, 0.25) is 0 Å². The minimum atomic E-state index is -4.57. The third-order valence-corrected chi connectivity index (χ3v) is 6.81. The monoisotopic (exact) mass is 455 g/mol. The van der Waals surface area contributed by atoms with Gasteiger partial charge in [-0.3, -0.25) is 4.79 Å². The highest BCUT2D eigenvalue weighted by atomic mass is 32.2. The Hall–Kier alpha value is -2.87. The molecule has 2 aliphatic rings. The lowest BCUT2D eigenvalue weighted by atomic mass is 9.88. The van der Waals surface area contributed by atoms with Crippen LogP contribution in [0.3, 0.4) is 0 Å². The van der Waals surface area contributed by atoms with Gasteiger partial charge in [0.2, 0.25) is 5.91 Å². The number of hydrogen-bond donors (Lipinski definition) is 0. The molecule has 0 spiro atoms. The number of carbonyl (C=O) groups is 1. The summed E-state index contributed by atoms with van der Waals surface area (Å²) >= 11 is 0.968. The van der Waals surface area contributed by atoms with Crippen LogP contribution in [0.1, 0.15) is 27.9 Å². The van der Waals surface area contributed by atoms with Gasteiger partial charge in [0, 0.05) is 24.2 Å². The van der Waals surface area contributed by atoms with Crippen LogP contribution in [0.25, 0.3) is 11.3 Å². The van der Waals surface area contributed by atoms with Gasteiger partial charge in [-0.2, -0.15) is 13.2 Å². The van der Waals surface area contributed by atoms with E-state index in [0.29, 0.717) is 30.8 Å². The summed E-state index contributed by atoms with van der Waals surface area (Å²) in [6.45, 7) is 1.12. The zero-order valence-electron chi connectivity index (χ0n) is 17.2. The fraction of sp³-hybridized carbons (Fsp3) is 0.292. The lowest BCUT2D eigenvalue weighted by Gasteiger charge is -2.28. The molecule has 1 aliphatic heterocycles. The first-order valence-electron chi connectivity index (χ1n) is 10.4. The van der Waals surface area contributed by atoms with E-state index in [0.717, 1.165) is 29.3 Å². The molecule has 5 rings (SSSR count). The van der Waals surface area contributed by atoms with Gasteiger partial charge in [-0.15, -0.1) is 0 Å². The fourth-order valence-corrected chi connectivity index (χ4v) is 5.12. The van der Waals surface area contributed by atoms with Crippen LogP contribution in [0.4, 0.5) is 13.2 Å². The van der Waals surface area contributed by atoms with Crippen molar-refractivity contribution in [1.82, 2.24) is 14.9 Å². The summed E-state index contributed by atoms with van der Waals surface area (Å²) in [5.41, 5.74) is 3.61. The van der Waals surface area contributed by atoms with Gasteiger partial charge in [0.1, 0.15) is 0 Å². The number of rotatable bonds is 3. The van der Waals surface area contributed by atoms with Crippen molar-refractivity contribution in [3.63, 3.8) is 0 Å². The Labute approximate surface area is 187 Å². The quantitative estimate of drug-likeness (QED) is 0.415. The van der Waals surface area contributed by atoms with E-state index in [1.54, 1.807) is 17.0 Å². The molecular formula is C24H20F3N3OS. The van der Waals surface area contributed by atoms with Gasteiger partial charge in [0.15, 0.2) is 10.9 Å². The van der Waals surface area contributed by atoms with Crippen molar-refractivity contribution in [1.29, 1.82) is 0 Å². The van der Waals surface area contributed by atoms with Crippen molar-refractivity contribution in [2.45, 2.75) is 37.1 Å². The van der Waals surface area contributed by atoms with Gasteiger partial charge >= 0.3 is 6.18 Å². The number of amides is 1. The zero-order chi connectivity index (χ0) is 22.3. The third-order valence-electron chi connectivity index (χ3n) is 5.98. The Morgan fingerprint density at radius 1 is 0.938 bits per heavy atom. The molecule has 2 heterocycles. The summed E-state index contributed by atoms with van der Waals surface area (Å²) < 4.78 is 41.4. The predicted molar refractivity (Wildman–Crippen MR) is 116 cm³/mol. The molecule has 1 aromatic heterocycles. The minimum absolute atomic E-state index is 0.000102. The van der Waals surface area contributed by atoms with E-state index in [1.807, 2.05) is 30.3 Å². The Bertz CT molecular complexity index is 1200. The van der Waals surface area contributed by atoms with E-state index in [2.05, 4.69) is 16.0 Å². The lowest BCUT2D eigenvalue weighted by Crippen LogP contribution is -2.37. The van der Waals surface area contributed by atoms with Crippen LogP contribution < -0.4 is 0 Å². The molecule has 2 aromatic carbocycles. The van der Waals surface area contributed by atoms with Crippen molar-refractivity contribution >= 4 is 17.7 Å². The van der Waals surface area contributed by atoms with Gasteiger partial charge in [-0.05, 0) is 36.0 Å². The second kappa shape index (κ2) is 8.24. The molecule has 0 atom stereocenters. The van der Waals surface area contributed by atoms with Crippen molar-refractivity contribution in [3.05, 3.63) is 76.5 Å². The van der Waals surface area contributed by atoms with E-state index in [1.165, 1.54) is 5.56 Å². The molecule has 0 bridgehead atoms. The minimum Gasteiger partial charge on any atom is -0.337 e. The van der Waals surface area contributed by atoms with Crippen molar-refractivity contribution in [2.24, 2.45) is 0 Å². The Balaban J connectivity index is 1.39. The molecule has 0 fully saturated rings. The number of aryl methyl sites for hydroxylation is 1. The van der Waals surface area contributed by atoms with Crippen molar-refractivity contribution < 1.29 is 18.0 Å². The van der Waals surface area contributed by atoms with E-state index in [-0.39, 0.29) is 28.8 Å². The van der Waals surface area contributed by atoms with Crippen LogP contribution >= 0.6 is 11.8 Å². The molecule has 32 heavy (non-hydrogen) atoms. The van der Waals surface area contributed by atoms with Gasteiger partial charge in [0.05, 0.1) is 11.4 Å². The van der Waals surface area contributed by atoms with Crippen molar-refractivity contribution in [3.8, 4) is 11.3 Å². The Morgan fingerprint density at radius 2 is 1.66 bits per heavy atom. The molecular weight excluding hydrogens is 435 g/mol. The van der Waals surface area contributed by atoms with Crippen LogP contribution in [-0.2, 0) is 36.8 Å². The molecule has 8 heteroatoms. The van der Waals surface area contributed by atoms with Crippen LogP contribution in [0, 0.1) is 0 Å². The second-order valence-corrected chi connectivity index (χ2v) is 8.90. The number of benzene rings is 2. The van der Waals surface area contributed by atoms with Crippen molar-refractivity contribution in [2.75, 3.05) is 12.3 Å². The highest BCUT2D eigenvalue weighted by molar-refractivity contribution is 7.99. The molecule has 1 aliphatic carbocycles. The fourth-order valence-electron chi connectivity index (χ4n) is 4.38. The third kappa shape index (κ3) is 3.99. The number of hydrogen-bond acceptors (Lipinski definition) is 4. The van der Waals surface area contributed by atoms with Crippen LogP contribution in [-0.4, -0.2) is 33.1 Å². The molecule has 1 amide bonds. The zero-order valence-corrected chi connectivity index (χ0v) is 18.0. The van der Waals surface area contributed by atoms with E-state index < -0.39 is 11.9 Å². The number of halogens is 3. The number of fused-ring (bicyclic) bond motifs is 4. The van der Waals surface area contributed by atoms with Gasteiger partial charge in [-0.1, -0.05) is 60.3 Å². The summed E-state index contributed by atoms with van der Waals surface area (Å²) in [6, 6.07) is 15.4. The first-order valence-corrected chi connectivity index (χ1v) is 11.4. The number of carbonyl (C=O) groups excluding carboxylic acids is 1. The molecule has 164 valence electrons. The SMILES string of the molecule is O=C(CSc1nc2c(c(C(F)(F)F)n1)CCc1ccccc1-2)N1CCc2ccccc2C1. The first-order chi connectivity index (χ1) is 15.4. The smallest absolute Gasteiger partial charge is 0.337 e. The highest BCUT2D eigenvalue weighted by Crippen LogP contribution is 2.40. The average molecular weight is 456 g/mol. The maximum Gasteiger partial charge on any atom is 0.433 e. The molecule has 0 radical (unpaired) electrons. The number of thioether (sulfide) groups is 1. The maximum absolute atomic E-state index is 13.8. The molecule has 4 nitrogen and oxygen atoms in total. The molecule has 0 saturated heterocycles. The summed E-state index contributed by atoms with van der Waals surface area (Å²) in [5.74, 6) is -0.125. The number of nitrogens with zero attached hydrogens (tertiary/aromatic N) is 3. The summed E-state index contributed by atoms with van der Waals surface area (Å²) in [4.78, 5) is 22.8. The van der Waals surface area contributed by atoms with Gasteiger partial charge < -0.3 is 4.90 Å². The topological polar surface area (TPSA) is 46.1 Å². The predicted octanol–water partition coefficient (Wildman–Crippen LogP) is 4.94. The molecule has 0 unspecified atom stereocenters. The van der Waals surface area contributed by atoms with Crippen LogP contribution in [0.15, 0.2) is 53.7 Å². The largest absolute Gasteiger partial charge is 0.433 e. The average Bonchev–Trinajstić information content (AvgIpc) is 2.81. The van der Waals surface area contributed by atoms with E-state index in [4.69, 9.17) is 0 Å². The van der Waals surface area contributed by atoms with Gasteiger partial charge in [-0.25, -0.2) is 9.97 Å². The number of aromatic nitrogens is 2. The van der Waals surface area contributed by atoms with E-state index >= 15 is 0 Å². The Kier molecular flexibility index (Phi) is 5.41. The lowest BCUT2D eigenvalue weighted by molar-refractivity contribution is -0.142. The standard InChI is InChI=1S/C24H20F3N3OS/c25-24(26,27)22-19-10-9-16-6-3-4-8-18(16)21(19)28-23(29-22)32-14-20(31)30-12-11-15-5-1-2-7-17(15)13-30/h1-8H,9-14H2. The van der Waals surface area contributed by atoms with Crippen LogP contribution in [0.5, 0.6) is 0 Å². The summed E-state index contributed by atoms with van der Waals surface area (Å²) in [5, 5.41) is -0.0152. The second-order valence-electron chi connectivity index (χ2n) is 7.96. The number of alkyl halides is 3. The molecule has 0 saturated carbocycles. The Morgan fingerprint density at radius 3 is 2.44 bits per heavy atom. The summed E-state index contributed by atoms with van der Waals surface area (Å²) in [6.07, 6.45) is -3.03. The van der Waals surface area contributed by atoms with Gasteiger partial charge in [0.25, 0.3) is 0 Å².